The minimum absolute atomic E-state index is 0.257. The number of nitrogens with one attached hydrogen (secondary N) is 1. The van der Waals surface area contributed by atoms with Gasteiger partial charge in [-0.2, -0.15) is 0 Å². The average molecular weight is 373 g/mol. The highest BCUT2D eigenvalue weighted by atomic mass is 19.1. The summed E-state index contributed by atoms with van der Waals surface area (Å²) in [5.41, 5.74) is 11.8. The fraction of sp³-hybridized carbons (Fsp3) is 0.130. The minimum Gasteiger partial charge on any atom is -0.366 e. The van der Waals surface area contributed by atoms with Crippen LogP contribution in [0.3, 0.4) is 0 Å². The van der Waals surface area contributed by atoms with E-state index < -0.39 is 5.91 Å². The fourth-order valence-electron chi connectivity index (χ4n) is 3.70. The van der Waals surface area contributed by atoms with Crippen molar-refractivity contribution in [2.75, 3.05) is 0 Å². The van der Waals surface area contributed by atoms with Gasteiger partial charge in [-0.05, 0) is 60.9 Å². The smallest absolute Gasteiger partial charge is 0.250 e. The molecular weight excluding hydrogens is 353 g/mol. The number of pyridine rings is 1. The van der Waals surface area contributed by atoms with E-state index in [0.29, 0.717) is 23.2 Å². The van der Waals surface area contributed by atoms with E-state index in [0.717, 1.165) is 33.3 Å². The van der Waals surface area contributed by atoms with E-state index in [1.807, 2.05) is 32.0 Å². The average Bonchev–Trinajstić information content (AvgIpc) is 2.98. The van der Waals surface area contributed by atoms with E-state index in [-0.39, 0.29) is 5.82 Å². The van der Waals surface area contributed by atoms with Crippen LogP contribution in [-0.2, 0) is 6.42 Å². The zero-order valence-corrected chi connectivity index (χ0v) is 15.7. The summed E-state index contributed by atoms with van der Waals surface area (Å²) in [7, 11) is 0. The van der Waals surface area contributed by atoms with Crippen LogP contribution in [0, 0.1) is 19.7 Å². The summed E-state index contributed by atoms with van der Waals surface area (Å²) in [6.45, 7) is 3.83. The maximum Gasteiger partial charge on any atom is 0.250 e. The molecule has 3 N–H and O–H groups in total. The lowest BCUT2D eigenvalue weighted by molar-refractivity contribution is 0.0998. The van der Waals surface area contributed by atoms with Crippen LogP contribution in [0.25, 0.3) is 22.2 Å². The number of hydrogen-bond acceptors (Lipinski definition) is 2. The standard InChI is InChI=1S/C23H20FN3O/c1-13-9-10-26-20(21(13)23(25)28)12-15-7-8-19-17(11-15)14(2)22(27-19)16-5-3-4-6-18(16)24/h3-11,27H,12H2,1-2H3,(H2,25,28). The van der Waals surface area contributed by atoms with Gasteiger partial charge in [0.2, 0.25) is 0 Å². The molecular formula is C23H20FN3O. The number of aryl methyl sites for hydroxylation is 2. The topological polar surface area (TPSA) is 71.8 Å². The lowest BCUT2D eigenvalue weighted by Gasteiger charge is -2.09. The van der Waals surface area contributed by atoms with Crippen LogP contribution in [0.2, 0.25) is 0 Å². The Balaban J connectivity index is 1.78. The molecule has 0 aliphatic rings. The highest BCUT2D eigenvalue weighted by molar-refractivity contribution is 5.95. The molecule has 0 saturated heterocycles. The Bertz CT molecular complexity index is 1210. The summed E-state index contributed by atoms with van der Waals surface area (Å²) in [6, 6.07) is 14.5. The molecule has 28 heavy (non-hydrogen) atoms. The molecule has 0 fully saturated rings. The van der Waals surface area contributed by atoms with Gasteiger partial charge in [-0.1, -0.05) is 18.2 Å². The maximum absolute atomic E-state index is 14.2. The number of hydrogen-bond donors (Lipinski definition) is 2. The van der Waals surface area contributed by atoms with Crippen LogP contribution in [-0.4, -0.2) is 15.9 Å². The van der Waals surface area contributed by atoms with Crippen molar-refractivity contribution in [2.45, 2.75) is 20.3 Å². The molecule has 4 aromatic rings. The van der Waals surface area contributed by atoms with Crippen LogP contribution >= 0.6 is 0 Å². The molecule has 4 nitrogen and oxygen atoms in total. The Morgan fingerprint density at radius 3 is 2.68 bits per heavy atom. The third-order valence-electron chi connectivity index (χ3n) is 5.12. The lowest BCUT2D eigenvalue weighted by Crippen LogP contribution is -2.16. The number of nitrogens with two attached hydrogens (primary N) is 1. The van der Waals surface area contributed by atoms with Gasteiger partial charge in [0.1, 0.15) is 5.82 Å². The number of H-pyrrole nitrogens is 1. The molecule has 0 atom stereocenters. The van der Waals surface area contributed by atoms with Gasteiger partial charge in [0.15, 0.2) is 0 Å². The van der Waals surface area contributed by atoms with Crippen molar-refractivity contribution in [3.63, 3.8) is 0 Å². The number of aromatic nitrogens is 2. The first kappa shape index (κ1) is 17.9. The van der Waals surface area contributed by atoms with Gasteiger partial charge in [-0.15, -0.1) is 0 Å². The molecule has 1 amide bonds. The fourth-order valence-corrected chi connectivity index (χ4v) is 3.70. The van der Waals surface area contributed by atoms with Crippen LogP contribution in [0.1, 0.15) is 32.7 Å². The van der Waals surface area contributed by atoms with Crippen LogP contribution < -0.4 is 5.73 Å². The monoisotopic (exact) mass is 373 g/mol. The Labute approximate surface area is 162 Å². The Hall–Kier alpha value is -3.47. The number of carbonyl (C=O) groups excluding carboxylic acids is 1. The molecule has 2 aromatic carbocycles. The number of rotatable bonds is 4. The number of aromatic amines is 1. The molecule has 140 valence electrons. The Kier molecular flexibility index (Phi) is 4.43. The zero-order valence-electron chi connectivity index (χ0n) is 15.7. The molecule has 0 bridgehead atoms. The SMILES string of the molecule is Cc1ccnc(Cc2ccc3[nH]c(-c4ccccc4F)c(C)c3c2)c1C(N)=O. The summed E-state index contributed by atoms with van der Waals surface area (Å²) in [5.74, 6) is -0.728. The van der Waals surface area contributed by atoms with E-state index >= 15 is 0 Å². The Morgan fingerprint density at radius 1 is 1.14 bits per heavy atom. The zero-order chi connectivity index (χ0) is 19.8. The van der Waals surface area contributed by atoms with Crippen molar-refractivity contribution >= 4 is 16.8 Å². The van der Waals surface area contributed by atoms with E-state index in [9.17, 15) is 9.18 Å². The second-order valence-corrected chi connectivity index (χ2v) is 6.98. The lowest BCUT2D eigenvalue weighted by atomic mass is 9.99. The Morgan fingerprint density at radius 2 is 1.93 bits per heavy atom. The largest absolute Gasteiger partial charge is 0.366 e. The van der Waals surface area contributed by atoms with E-state index in [2.05, 4.69) is 16.0 Å². The number of nitrogens with zero attached hydrogens (tertiary/aromatic N) is 1. The molecule has 2 aromatic heterocycles. The first-order chi connectivity index (χ1) is 13.5. The first-order valence-electron chi connectivity index (χ1n) is 9.06. The maximum atomic E-state index is 14.2. The molecule has 5 heteroatoms. The van der Waals surface area contributed by atoms with E-state index in [4.69, 9.17) is 5.73 Å². The van der Waals surface area contributed by atoms with Gasteiger partial charge in [0.25, 0.3) is 5.91 Å². The van der Waals surface area contributed by atoms with Crippen molar-refractivity contribution < 1.29 is 9.18 Å². The van der Waals surface area contributed by atoms with Gasteiger partial charge in [-0.25, -0.2) is 4.39 Å². The van der Waals surface area contributed by atoms with Crippen molar-refractivity contribution in [1.29, 1.82) is 0 Å². The minimum atomic E-state index is -0.471. The number of amides is 1. The van der Waals surface area contributed by atoms with E-state index in [1.54, 1.807) is 24.4 Å². The van der Waals surface area contributed by atoms with Gasteiger partial charge < -0.3 is 10.7 Å². The summed E-state index contributed by atoms with van der Waals surface area (Å²) in [5, 5.41) is 1.02. The van der Waals surface area contributed by atoms with Gasteiger partial charge in [0, 0.05) is 29.1 Å². The number of fused-ring (bicyclic) bond motifs is 1. The molecule has 0 aliphatic heterocycles. The van der Waals surface area contributed by atoms with Crippen molar-refractivity contribution in [3.8, 4) is 11.3 Å². The number of benzene rings is 2. The molecule has 0 spiro atoms. The summed E-state index contributed by atoms with van der Waals surface area (Å²) < 4.78 is 14.2. The van der Waals surface area contributed by atoms with E-state index in [1.165, 1.54) is 6.07 Å². The summed E-state index contributed by atoms with van der Waals surface area (Å²) >= 11 is 0. The highest BCUT2D eigenvalue weighted by Crippen LogP contribution is 2.32. The molecule has 0 radical (unpaired) electrons. The van der Waals surface area contributed by atoms with Crippen LogP contribution in [0.5, 0.6) is 0 Å². The molecule has 0 aliphatic carbocycles. The summed E-state index contributed by atoms with van der Waals surface area (Å²) in [4.78, 5) is 19.5. The van der Waals surface area contributed by atoms with Gasteiger partial charge in [0.05, 0.1) is 17.0 Å². The molecule has 0 unspecified atom stereocenters. The normalized spacial score (nSPS) is 11.1. The molecule has 2 heterocycles. The van der Waals surface area contributed by atoms with Gasteiger partial charge >= 0.3 is 0 Å². The van der Waals surface area contributed by atoms with Crippen molar-refractivity contribution in [3.05, 3.63) is 88.5 Å². The second kappa shape index (κ2) is 6.93. The molecule has 0 saturated carbocycles. The van der Waals surface area contributed by atoms with Crippen LogP contribution in [0.4, 0.5) is 4.39 Å². The number of primary amides is 1. The van der Waals surface area contributed by atoms with Crippen molar-refractivity contribution in [1.82, 2.24) is 9.97 Å². The second-order valence-electron chi connectivity index (χ2n) is 6.98. The highest BCUT2D eigenvalue weighted by Gasteiger charge is 2.16. The van der Waals surface area contributed by atoms with Crippen LogP contribution in [0.15, 0.2) is 54.7 Å². The van der Waals surface area contributed by atoms with Gasteiger partial charge in [-0.3, -0.25) is 9.78 Å². The third kappa shape index (κ3) is 3.05. The number of carbonyl (C=O) groups is 1. The summed E-state index contributed by atoms with van der Waals surface area (Å²) in [6.07, 6.45) is 2.18. The van der Waals surface area contributed by atoms with Crippen molar-refractivity contribution in [2.24, 2.45) is 5.73 Å². The predicted octanol–water partition coefficient (Wildman–Crippen LogP) is 4.68. The quantitative estimate of drug-likeness (QED) is 0.545. The number of halogens is 1. The molecule has 4 rings (SSSR count). The third-order valence-corrected chi connectivity index (χ3v) is 5.12. The predicted molar refractivity (Wildman–Crippen MR) is 109 cm³/mol. The first-order valence-corrected chi connectivity index (χ1v) is 9.06.